The first kappa shape index (κ1) is 26.3. The average molecular weight is 473 g/mol. The number of carbonyl (C=O) groups is 2. The molecule has 0 aliphatic heterocycles. The van der Waals surface area contributed by atoms with Crippen molar-refractivity contribution in [2.45, 2.75) is 75.0 Å². The zero-order valence-corrected chi connectivity index (χ0v) is 21.0. The van der Waals surface area contributed by atoms with E-state index in [1.165, 1.54) is 47.3 Å². The predicted octanol–water partition coefficient (Wildman–Crippen LogP) is 7.11. The zero-order chi connectivity index (χ0) is 23.0. The van der Waals surface area contributed by atoms with E-state index in [2.05, 4.69) is 24.5 Å². The molecule has 0 bridgehead atoms. The molecule has 2 N–H and O–H groups in total. The number of hydrogen-bond acceptors (Lipinski definition) is 4. The van der Waals surface area contributed by atoms with Gasteiger partial charge in [-0.15, -0.1) is 0 Å². The van der Waals surface area contributed by atoms with E-state index in [-0.39, 0.29) is 11.8 Å². The minimum atomic E-state index is -0.0386. The molecule has 2 amide bonds. The zero-order valence-electron chi connectivity index (χ0n) is 19.3. The summed E-state index contributed by atoms with van der Waals surface area (Å²) in [6.45, 7) is 5.76. The summed E-state index contributed by atoms with van der Waals surface area (Å²) < 4.78 is 0. The molecular formula is C26H36N2O2S2. The first-order valence-corrected chi connectivity index (χ1v) is 13.9. The summed E-state index contributed by atoms with van der Waals surface area (Å²) in [5, 5.41) is 6.08. The van der Waals surface area contributed by atoms with Crippen molar-refractivity contribution < 1.29 is 9.59 Å². The summed E-state index contributed by atoms with van der Waals surface area (Å²) in [5.74, 6) is -0.0772. The fraction of sp³-hybridized carbons (Fsp3) is 0.462. The summed E-state index contributed by atoms with van der Waals surface area (Å²) in [7, 11) is 3.04. The molecule has 0 heterocycles. The van der Waals surface area contributed by atoms with Crippen molar-refractivity contribution in [2.75, 3.05) is 13.1 Å². The first-order chi connectivity index (χ1) is 15.7. The van der Waals surface area contributed by atoms with Gasteiger partial charge in [-0.25, -0.2) is 0 Å². The normalized spacial score (nSPS) is 10.7. The molecule has 4 nitrogen and oxygen atoms in total. The van der Waals surface area contributed by atoms with E-state index in [4.69, 9.17) is 0 Å². The fourth-order valence-corrected chi connectivity index (χ4v) is 5.60. The number of amides is 2. The van der Waals surface area contributed by atoms with Gasteiger partial charge in [-0.3, -0.25) is 9.59 Å². The van der Waals surface area contributed by atoms with Crippen molar-refractivity contribution in [1.29, 1.82) is 0 Å². The quantitative estimate of drug-likeness (QED) is 0.214. The van der Waals surface area contributed by atoms with Crippen LogP contribution in [-0.2, 0) is 0 Å². The smallest absolute Gasteiger partial charge is 0.252 e. The van der Waals surface area contributed by atoms with Crippen LogP contribution < -0.4 is 10.6 Å². The van der Waals surface area contributed by atoms with E-state index in [1.54, 1.807) is 0 Å². The number of unbranched alkanes of at least 4 members (excludes halogenated alkanes) is 6. The maximum atomic E-state index is 12.7. The number of benzene rings is 2. The van der Waals surface area contributed by atoms with E-state index < -0.39 is 0 Å². The lowest BCUT2D eigenvalue weighted by Gasteiger charge is -2.12. The molecule has 0 saturated heterocycles. The molecule has 0 unspecified atom stereocenters. The van der Waals surface area contributed by atoms with E-state index in [0.29, 0.717) is 24.2 Å². The molecule has 6 heteroatoms. The lowest BCUT2D eigenvalue weighted by Crippen LogP contribution is -2.25. The Hall–Kier alpha value is -1.92. The van der Waals surface area contributed by atoms with Gasteiger partial charge in [-0.05, 0) is 37.1 Å². The third kappa shape index (κ3) is 9.29. The van der Waals surface area contributed by atoms with Crippen molar-refractivity contribution in [3.05, 3.63) is 59.7 Å². The van der Waals surface area contributed by atoms with Crippen LogP contribution in [0, 0.1) is 0 Å². The Kier molecular flexibility index (Phi) is 13.0. The second-order valence-corrected chi connectivity index (χ2v) is 10.0. The Bertz CT molecular complexity index is 773. The maximum Gasteiger partial charge on any atom is 0.252 e. The van der Waals surface area contributed by atoms with Crippen molar-refractivity contribution >= 4 is 33.4 Å². The summed E-state index contributed by atoms with van der Waals surface area (Å²) in [4.78, 5) is 27.2. The highest BCUT2D eigenvalue weighted by atomic mass is 33.1. The molecule has 2 rings (SSSR count). The van der Waals surface area contributed by atoms with Crippen LogP contribution in [0.4, 0.5) is 0 Å². The first-order valence-electron chi connectivity index (χ1n) is 11.8. The van der Waals surface area contributed by atoms with Crippen LogP contribution in [0.2, 0.25) is 0 Å². The average Bonchev–Trinajstić information content (AvgIpc) is 2.82. The molecule has 0 saturated carbocycles. The minimum absolute atomic E-state index is 0.0386. The molecule has 32 heavy (non-hydrogen) atoms. The van der Waals surface area contributed by atoms with Crippen LogP contribution in [-0.4, -0.2) is 24.9 Å². The predicted molar refractivity (Wildman–Crippen MR) is 138 cm³/mol. The van der Waals surface area contributed by atoms with Gasteiger partial charge in [-0.2, -0.15) is 0 Å². The topological polar surface area (TPSA) is 58.2 Å². The van der Waals surface area contributed by atoms with Gasteiger partial charge < -0.3 is 10.6 Å². The van der Waals surface area contributed by atoms with Crippen molar-refractivity contribution in [3.8, 4) is 0 Å². The molecule has 0 aromatic heterocycles. The highest BCUT2D eigenvalue weighted by molar-refractivity contribution is 8.76. The van der Waals surface area contributed by atoms with Gasteiger partial charge in [0.25, 0.3) is 11.8 Å². The number of rotatable bonds is 15. The van der Waals surface area contributed by atoms with Crippen molar-refractivity contribution in [3.63, 3.8) is 0 Å². The molecular weight excluding hydrogens is 436 g/mol. The third-order valence-corrected chi connectivity index (χ3v) is 7.60. The maximum absolute atomic E-state index is 12.7. The van der Waals surface area contributed by atoms with Gasteiger partial charge in [0, 0.05) is 22.9 Å². The second kappa shape index (κ2) is 15.8. The number of hydrogen-bond donors (Lipinski definition) is 2. The van der Waals surface area contributed by atoms with Crippen LogP contribution in [0.25, 0.3) is 0 Å². The summed E-state index contributed by atoms with van der Waals surface area (Å²) in [6.07, 6.45) is 9.05. The summed E-state index contributed by atoms with van der Waals surface area (Å²) in [5.41, 5.74) is 1.36. The molecule has 0 fully saturated rings. The minimum Gasteiger partial charge on any atom is -0.352 e. The van der Waals surface area contributed by atoms with Crippen molar-refractivity contribution in [2.24, 2.45) is 0 Å². The lowest BCUT2D eigenvalue weighted by atomic mass is 10.2. The molecule has 2 aromatic carbocycles. The van der Waals surface area contributed by atoms with E-state index >= 15 is 0 Å². The fourth-order valence-electron chi connectivity index (χ4n) is 3.24. The highest BCUT2D eigenvalue weighted by Gasteiger charge is 2.15. The lowest BCUT2D eigenvalue weighted by molar-refractivity contribution is 0.0942. The van der Waals surface area contributed by atoms with Crippen LogP contribution in [0.15, 0.2) is 58.3 Å². The number of carbonyl (C=O) groups excluding carboxylic acids is 2. The molecule has 0 spiro atoms. The SMILES string of the molecule is CCCCCCNC(=O)c1ccccc1SSc1ccccc1C(=O)NCCCCCC. The third-order valence-electron chi connectivity index (χ3n) is 5.12. The van der Waals surface area contributed by atoms with E-state index in [1.807, 2.05) is 48.5 Å². The van der Waals surface area contributed by atoms with Gasteiger partial charge in [-0.1, -0.05) is 98.2 Å². The van der Waals surface area contributed by atoms with Gasteiger partial charge in [0.1, 0.15) is 0 Å². The molecule has 2 aromatic rings. The van der Waals surface area contributed by atoms with Gasteiger partial charge in [0.2, 0.25) is 0 Å². The van der Waals surface area contributed by atoms with Crippen LogP contribution in [0.1, 0.15) is 85.9 Å². The monoisotopic (exact) mass is 472 g/mol. The Morgan fingerprint density at radius 3 is 1.44 bits per heavy atom. The molecule has 0 aliphatic carbocycles. The second-order valence-electron chi connectivity index (χ2n) is 7.79. The highest BCUT2D eigenvalue weighted by Crippen LogP contribution is 2.40. The van der Waals surface area contributed by atoms with Crippen molar-refractivity contribution in [1.82, 2.24) is 10.6 Å². The molecule has 0 atom stereocenters. The molecule has 0 aliphatic rings. The summed E-state index contributed by atoms with van der Waals surface area (Å²) >= 11 is 0. The Labute approximate surface area is 201 Å². The van der Waals surface area contributed by atoms with Crippen LogP contribution in [0.3, 0.4) is 0 Å². The number of nitrogens with one attached hydrogen (secondary N) is 2. The Morgan fingerprint density at radius 1 is 0.625 bits per heavy atom. The van der Waals surface area contributed by atoms with Gasteiger partial charge in [0.15, 0.2) is 0 Å². The van der Waals surface area contributed by atoms with E-state index in [9.17, 15) is 9.59 Å². The Balaban J connectivity index is 1.95. The van der Waals surface area contributed by atoms with Crippen LogP contribution >= 0.6 is 21.6 Å². The van der Waals surface area contributed by atoms with Crippen LogP contribution in [0.5, 0.6) is 0 Å². The standard InChI is InChI=1S/C26H36N2O2S2/c1-3-5-7-13-19-27-25(29)21-15-9-11-17-23(21)31-32-24-18-12-10-16-22(24)26(30)28-20-14-8-6-4-2/h9-12,15-18H,3-8,13-14,19-20H2,1-2H3,(H,27,29)(H,28,30). The van der Waals surface area contributed by atoms with E-state index in [0.717, 1.165) is 35.5 Å². The Morgan fingerprint density at radius 2 is 1.03 bits per heavy atom. The molecule has 0 radical (unpaired) electrons. The largest absolute Gasteiger partial charge is 0.352 e. The molecule has 174 valence electrons. The van der Waals surface area contributed by atoms with Gasteiger partial charge >= 0.3 is 0 Å². The van der Waals surface area contributed by atoms with Gasteiger partial charge in [0.05, 0.1) is 11.1 Å². The summed E-state index contributed by atoms with van der Waals surface area (Å²) in [6, 6.07) is 15.3.